The maximum Gasteiger partial charge on any atom is 0.320 e. The Kier molecular flexibility index (Phi) is 12.7. The normalized spacial score (nSPS) is 19.4. The molecular weight excluding hydrogens is 636 g/mol. The van der Waals surface area contributed by atoms with Crippen LogP contribution in [0.25, 0.3) is 0 Å². The standard InChI is InChI=1S/C36H46N8O3.CH2O2/c1-36(2,3)31(37)20-33(40-24-10-7-9-23(19-24)22-45)42-35(46)41-28-15-16-30(27-12-6-5-11-26(27)28)47-25-14-17-32(38)44(21-25)34(39)29-13-8-18-43(29)4;2-1-3/h5-7,9-12,14,17,19-21,28-30,38-39,45H,8,13,15-16,18,22,37H2,1-4H3,(H2,40,41,42,46);1H,(H,2,3)/b31-20-,38-32?,39-34?;/t28-,29-,30+;/m0./s1. The lowest BCUT2D eigenvalue weighted by atomic mass is 9.85. The second kappa shape index (κ2) is 16.9. The van der Waals surface area contributed by atoms with Gasteiger partial charge < -0.3 is 26.0 Å². The van der Waals surface area contributed by atoms with Crippen molar-refractivity contribution in [1.29, 1.82) is 10.8 Å². The summed E-state index contributed by atoms with van der Waals surface area (Å²) in [7, 11) is 2.02. The first-order valence-electron chi connectivity index (χ1n) is 16.6. The summed E-state index contributed by atoms with van der Waals surface area (Å²) in [6.45, 7) is 6.53. The number of hydrogen-bond donors (Lipinski definition) is 7. The van der Waals surface area contributed by atoms with Gasteiger partial charge in [0.25, 0.3) is 6.47 Å². The number of benzene rings is 2. The van der Waals surface area contributed by atoms with E-state index in [9.17, 15) is 9.90 Å². The zero-order chi connectivity index (χ0) is 36.4. The molecule has 1 aromatic heterocycles. The summed E-state index contributed by atoms with van der Waals surface area (Å²) in [5, 5.41) is 39.7. The number of fused-ring (bicyclic) bond motifs is 1. The maximum absolute atomic E-state index is 13.4. The van der Waals surface area contributed by atoms with E-state index in [4.69, 9.17) is 31.2 Å². The van der Waals surface area contributed by atoms with Gasteiger partial charge in [-0.3, -0.25) is 30.4 Å². The number of rotatable bonds is 7. The fourth-order valence-electron chi connectivity index (χ4n) is 5.99. The van der Waals surface area contributed by atoms with E-state index in [0.717, 1.165) is 30.5 Å². The number of pyridine rings is 1. The van der Waals surface area contributed by atoms with Crippen LogP contribution < -0.4 is 26.6 Å². The van der Waals surface area contributed by atoms with Crippen LogP contribution in [0.5, 0.6) is 5.75 Å². The minimum atomic E-state index is -0.415. The molecular formula is C37H48N8O5. The quantitative estimate of drug-likeness (QED) is 0.104. The Hall–Kier alpha value is -5.27. The van der Waals surface area contributed by atoms with Crippen molar-refractivity contribution in [3.63, 3.8) is 0 Å². The number of hydrogen-bond acceptors (Lipinski definition) is 9. The molecule has 1 aliphatic heterocycles. The van der Waals surface area contributed by atoms with Gasteiger partial charge in [-0.25, -0.2) is 9.79 Å². The second-order valence-corrected chi connectivity index (χ2v) is 13.4. The number of allylic oxidation sites excluding steroid dienone is 1. The van der Waals surface area contributed by atoms with Crippen LogP contribution in [-0.4, -0.2) is 63.5 Å². The number of amides is 2. The molecule has 50 heavy (non-hydrogen) atoms. The van der Waals surface area contributed by atoms with Crippen molar-refractivity contribution in [2.24, 2.45) is 16.1 Å². The lowest BCUT2D eigenvalue weighted by molar-refractivity contribution is -0.122. The molecule has 1 saturated heterocycles. The van der Waals surface area contributed by atoms with Crippen LogP contribution in [-0.2, 0) is 11.4 Å². The Morgan fingerprint density at radius 3 is 2.48 bits per heavy atom. The third-order valence-electron chi connectivity index (χ3n) is 8.78. The monoisotopic (exact) mass is 684 g/mol. The molecule has 2 aromatic carbocycles. The van der Waals surface area contributed by atoms with Gasteiger partial charge in [0.1, 0.15) is 29.0 Å². The van der Waals surface area contributed by atoms with E-state index >= 15 is 0 Å². The Morgan fingerprint density at radius 2 is 1.82 bits per heavy atom. The number of likely N-dealkylation sites (tertiary alicyclic amines) is 1. The van der Waals surface area contributed by atoms with Gasteiger partial charge in [-0.1, -0.05) is 57.2 Å². The van der Waals surface area contributed by atoms with Crippen LogP contribution in [0.4, 0.5) is 10.5 Å². The van der Waals surface area contributed by atoms with Gasteiger partial charge in [0.15, 0.2) is 0 Å². The highest BCUT2D eigenvalue weighted by Gasteiger charge is 2.30. The lowest BCUT2D eigenvalue weighted by Crippen LogP contribution is -2.42. The summed E-state index contributed by atoms with van der Waals surface area (Å²) in [5.41, 5.74) is 10.1. The molecule has 8 N–H and O–H groups in total. The maximum atomic E-state index is 13.4. The average Bonchev–Trinajstić information content (AvgIpc) is 3.52. The molecule has 3 aromatic rings. The minimum Gasteiger partial charge on any atom is -0.484 e. The summed E-state index contributed by atoms with van der Waals surface area (Å²) in [6, 6.07) is 17.8. The number of aliphatic imine (C=N–C) groups is 1. The number of nitrogens with zero attached hydrogens (tertiary/aromatic N) is 3. The first-order chi connectivity index (χ1) is 23.8. The summed E-state index contributed by atoms with van der Waals surface area (Å²) in [6.07, 6.45) is 6.38. The Labute approximate surface area is 292 Å². The number of likely N-dealkylation sites (N-methyl/N-ethyl adjacent to an activating group) is 1. The Morgan fingerprint density at radius 1 is 1.10 bits per heavy atom. The van der Waals surface area contributed by atoms with Crippen molar-refractivity contribution in [3.05, 3.63) is 101 Å². The molecule has 2 heterocycles. The molecule has 266 valence electrons. The van der Waals surface area contributed by atoms with Gasteiger partial charge in [-0.15, -0.1) is 0 Å². The number of amidine groups is 1. The van der Waals surface area contributed by atoms with Gasteiger partial charge in [0, 0.05) is 17.2 Å². The summed E-state index contributed by atoms with van der Waals surface area (Å²) in [5.74, 6) is 1.25. The Bertz CT molecular complexity index is 1790. The molecule has 0 saturated carbocycles. The number of nitrogens with two attached hydrogens (primary N) is 1. The van der Waals surface area contributed by atoms with Gasteiger partial charge in [-0.05, 0) is 80.2 Å². The number of nitrogens with one attached hydrogen (secondary N) is 4. The van der Waals surface area contributed by atoms with Crippen molar-refractivity contribution in [2.75, 3.05) is 13.6 Å². The molecule has 3 atom stereocenters. The molecule has 5 rings (SSSR count). The van der Waals surface area contributed by atoms with E-state index in [1.54, 1.807) is 53.2 Å². The molecule has 0 bridgehead atoms. The highest BCUT2D eigenvalue weighted by Crippen LogP contribution is 2.38. The van der Waals surface area contributed by atoms with E-state index in [2.05, 4.69) is 20.5 Å². The topological polar surface area (TPSA) is 202 Å². The number of carbonyl (C=O) groups is 2. The van der Waals surface area contributed by atoms with Crippen LogP contribution in [0.3, 0.4) is 0 Å². The van der Waals surface area contributed by atoms with Crippen molar-refractivity contribution in [1.82, 2.24) is 20.1 Å². The van der Waals surface area contributed by atoms with E-state index < -0.39 is 6.03 Å². The highest BCUT2D eigenvalue weighted by molar-refractivity contribution is 6.05. The first-order valence-corrected chi connectivity index (χ1v) is 16.6. The molecule has 0 radical (unpaired) electrons. The SMILES string of the molecule is CN1CCC[C@H]1C(=N)n1cc(O[C@@H]2CC[C@H](NC(=O)NC(/C=C(\N)C(C)(C)C)=Nc3cccc(CO)c3)c3ccccc32)ccc1=N.O=CO. The summed E-state index contributed by atoms with van der Waals surface area (Å²) in [4.78, 5) is 28.6. The molecule has 1 fully saturated rings. The average molecular weight is 685 g/mol. The smallest absolute Gasteiger partial charge is 0.320 e. The van der Waals surface area contributed by atoms with Gasteiger partial charge in [0.2, 0.25) is 0 Å². The minimum absolute atomic E-state index is 0.0237. The number of aliphatic hydroxyl groups excluding tert-OH is 1. The zero-order valence-electron chi connectivity index (χ0n) is 29.0. The van der Waals surface area contributed by atoms with E-state index in [-0.39, 0.29) is 48.0 Å². The second-order valence-electron chi connectivity index (χ2n) is 13.4. The molecule has 13 nitrogen and oxygen atoms in total. The highest BCUT2D eigenvalue weighted by atomic mass is 16.5. The first kappa shape index (κ1) is 37.5. The van der Waals surface area contributed by atoms with Crippen LogP contribution in [0.1, 0.15) is 75.3 Å². The van der Waals surface area contributed by atoms with E-state index in [1.165, 1.54) is 0 Å². The number of carboxylic acid groups (broad SMARTS) is 1. The molecule has 2 aliphatic rings. The lowest BCUT2D eigenvalue weighted by Gasteiger charge is -2.32. The molecule has 0 spiro atoms. The van der Waals surface area contributed by atoms with E-state index in [1.807, 2.05) is 52.1 Å². The largest absolute Gasteiger partial charge is 0.484 e. The van der Waals surface area contributed by atoms with Gasteiger partial charge in [-0.2, -0.15) is 0 Å². The van der Waals surface area contributed by atoms with Gasteiger partial charge >= 0.3 is 6.03 Å². The summed E-state index contributed by atoms with van der Waals surface area (Å²) >= 11 is 0. The summed E-state index contributed by atoms with van der Waals surface area (Å²) < 4.78 is 8.10. The fraction of sp³-hybridized carbons (Fsp3) is 0.378. The third-order valence-corrected chi connectivity index (χ3v) is 8.78. The van der Waals surface area contributed by atoms with Crippen molar-refractivity contribution < 1.29 is 24.5 Å². The molecule has 1 aliphatic carbocycles. The molecule has 13 heteroatoms. The number of urea groups is 1. The van der Waals surface area contributed by atoms with Crippen molar-refractivity contribution in [2.45, 2.75) is 71.2 Å². The predicted molar refractivity (Wildman–Crippen MR) is 192 cm³/mol. The van der Waals surface area contributed by atoms with Gasteiger partial charge in [0.05, 0.1) is 30.6 Å². The van der Waals surface area contributed by atoms with Crippen LogP contribution in [0.15, 0.2) is 83.6 Å². The van der Waals surface area contributed by atoms with Crippen LogP contribution >= 0.6 is 0 Å². The van der Waals surface area contributed by atoms with E-state index in [0.29, 0.717) is 41.4 Å². The zero-order valence-corrected chi connectivity index (χ0v) is 29.0. The number of aromatic nitrogens is 1. The number of aliphatic hydroxyl groups is 1. The third kappa shape index (κ3) is 9.67. The van der Waals surface area contributed by atoms with Crippen LogP contribution in [0.2, 0.25) is 0 Å². The number of carbonyl (C=O) groups excluding carboxylic acids is 1. The molecule has 2 amide bonds. The fourth-order valence-corrected chi connectivity index (χ4v) is 5.99. The van der Waals surface area contributed by atoms with Crippen LogP contribution in [0, 0.1) is 16.2 Å². The Balaban J connectivity index is 0.00000181. The number of ether oxygens (including phenoxy) is 1. The molecule has 0 unspecified atom stereocenters. The predicted octanol–water partition coefficient (Wildman–Crippen LogP) is 4.95. The van der Waals surface area contributed by atoms with Crippen molar-refractivity contribution >= 4 is 29.9 Å². The van der Waals surface area contributed by atoms with Crippen molar-refractivity contribution in [3.8, 4) is 5.75 Å².